The molecule has 1 aliphatic heterocycles. The van der Waals surface area contributed by atoms with Crippen molar-refractivity contribution in [1.82, 2.24) is 0 Å². The molecule has 0 saturated carbocycles. The van der Waals surface area contributed by atoms with Gasteiger partial charge in [0, 0.05) is 17.4 Å². The van der Waals surface area contributed by atoms with Crippen LogP contribution in [-0.2, 0) is 5.41 Å². The molecule has 0 bridgehead atoms. The van der Waals surface area contributed by atoms with Crippen LogP contribution >= 0.6 is 0 Å². The van der Waals surface area contributed by atoms with Gasteiger partial charge in [0.2, 0.25) is 0 Å². The zero-order valence-corrected chi connectivity index (χ0v) is 16.1. The highest BCUT2D eigenvalue weighted by molar-refractivity contribution is 5.54. The molecule has 1 heterocycles. The summed E-state index contributed by atoms with van der Waals surface area (Å²) in [6.45, 7) is 13.3. The highest BCUT2D eigenvalue weighted by atomic mass is 16.5. The normalized spacial score (nSPS) is 25.3. The van der Waals surface area contributed by atoms with Crippen molar-refractivity contribution >= 4 is 0 Å². The van der Waals surface area contributed by atoms with Gasteiger partial charge in [-0.25, -0.2) is 0 Å². The SMILES string of the molecule is CCCC(C)(C)c1cc(O)c2c(c1)OC(C)(C)[C@@H]1CC=C(C)C[C@@H]21. The summed E-state index contributed by atoms with van der Waals surface area (Å²) < 4.78 is 6.43. The molecule has 24 heavy (non-hydrogen) atoms. The standard InChI is InChI=1S/C22H32O2/c1-7-10-21(3,4)15-12-18(23)20-16-11-14(2)8-9-17(16)22(5,6)24-19(20)13-15/h8,12-13,16-17,23H,7,9-11H2,1-6H3/t16-,17-/m1/s1. The number of fused-ring (bicyclic) bond motifs is 3. The van der Waals surface area contributed by atoms with Gasteiger partial charge in [-0.15, -0.1) is 0 Å². The molecule has 0 spiro atoms. The largest absolute Gasteiger partial charge is 0.508 e. The fraction of sp³-hybridized carbons (Fsp3) is 0.636. The van der Waals surface area contributed by atoms with Crippen LogP contribution in [0.3, 0.4) is 0 Å². The lowest BCUT2D eigenvalue weighted by Gasteiger charge is -2.47. The molecule has 0 saturated heterocycles. The van der Waals surface area contributed by atoms with Gasteiger partial charge in [0.05, 0.1) is 0 Å². The first-order chi connectivity index (χ1) is 11.2. The molecule has 2 heteroatoms. The van der Waals surface area contributed by atoms with E-state index >= 15 is 0 Å². The first-order valence-corrected chi connectivity index (χ1v) is 9.37. The topological polar surface area (TPSA) is 29.5 Å². The van der Waals surface area contributed by atoms with Crippen LogP contribution in [0.1, 0.15) is 84.3 Å². The Labute approximate surface area is 146 Å². The summed E-state index contributed by atoms with van der Waals surface area (Å²) in [6, 6.07) is 4.18. The van der Waals surface area contributed by atoms with E-state index < -0.39 is 0 Å². The third-order valence-electron chi connectivity index (χ3n) is 6.16. The third-order valence-corrected chi connectivity index (χ3v) is 6.16. The Hall–Kier alpha value is -1.44. The smallest absolute Gasteiger partial charge is 0.127 e. The molecule has 2 aliphatic rings. The second kappa shape index (κ2) is 5.82. The van der Waals surface area contributed by atoms with Crippen LogP contribution in [0.15, 0.2) is 23.8 Å². The quantitative estimate of drug-likeness (QED) is 0.681. The van der Waals surface area contributed by atoms with Crippen LogP contribution in [0.4, 0.5) is 0 Å². The minimum absolute atomic E-state index is 0.0496. The van der Waals surface area contributed by atoms with Crippen LogP contribution in [0.5, 0.6) is 11.5 Å². The molecule has 1 aromatic carbocycles. The van der Waals surface area contributed by atoms with E-state index in [-0.39, 0.29) is 11.0 Å². The fourth-order valence-electron chi connectivity index (χ4n) is 4.72. The van der Waals surface area contributed by atoms with E-state index in [4.69, 9.17) is 4.74 Å². The third kappa shape index (κ3) is 2.85. The first-order valence-electron chi connectivity index (χ1n) is 9.37. The lowest BCUT2D eigenvalue weighted by atomic mass is 9.66. The van der Waals surface area contributed by atoms with E-state index in [0.29, 0.717) is 17.6 Å². The molecule has 2 nitrogen and oxygen atoms in total. The van der Waals surface area contributed by atoms with Gasteiger partial charge in [-0.05, 0) is 63.1 Å². The van der Waals surface area contributed by atoms with Crippen LogP contribution in [-0.4, -0.2) is 10.7 Å². The first kappa shape index (κ1) is 17.4. The zero-order valence-electron chi connectivity index (χ0n) is 16.1. The van der Waals surface area contributed by atoms with Gasteiger partial charge in [-0.1, -0.05) is 38.8 Å². The molecule has 1 aromatic rings. The van der Waals surface area contributed by atoms with E-state index in [1.807, 2.05) is 6.07 Å². The van der Waals surface area contributed by atoms with Crippen molar-refractivity contribution in [1.29, 1.82) is 0 Å². The van der Waals surface area contributed by atoms with Crippen LogP contribution in [0, 0.1) is 5.92 Å². The predicted molar refractivity (Wildman–Crippen MR) is 100.0 cm³/mol. The fourth-order valence-corrected chi connectivity index (χ4v) is 4.72. The van der Waals surface area contributed by atoms with Crippen molar-refractivity contribution in [3.05, 3.63) is 34.9 Å². The van der Waals surface area contributed by atoms with Gasteiger partial charge in [0.15, 0.2) is 0 Å². The van der Waals surface area contributed by atoms with E-state index in [1.54, 1.807) is 0 Å². The molecule has 0 radical (unpaired) electrons. The molecule has 132 valence electrons. The summed E-state index contributed by atoms with van der Waals surface area (Å²) in [5.74, 6) is 2.10. The Morgan fingerprint density at radius 1 is 1.29 bits per heavy atom. The van der Waals surface area contributed by atoms with E-state index in [2.05, 4.69) is 53.7 Å². The van der Waals surface area contributed by atoms with Crippen molar-refractivity contribution < 1.29 is 9.84 Å². The molecule has 0 aromatic heterocycles. The van der Waals surface area contributed by atoms with Gasteiger partial charge >= 0.3 is 0 Å². The van der Waals surface area contributed by atoms with Gasteiger partial charge in [-0.2, -0.15) is 0 Å². The summed E-state index contributed by atoms with van der Waals surface area (Å²) in [5.41, 5.74) is 3.48. The number of hydrogen-bond acceptors (Lipinski definition) is 2. The second-order valence-electron chi connectivity index (χ2n) is 8.95. The Kier molecular flexibility index (Phi) is 4.22. The number of phenols is 1. The van der Waals surface area contributed by atoms with Gasteiger partial charge < -0.3 is 9.84 Å². The molecule has 0 amide bonds. The zero-order chi connectivity index (χ0) is 17.7. The number of aromatic hydroxyl groups is 1. The van der Waals surface area contributed by atoms with Crippen molar-refractivity contribution in [3.8, 4) is 11.5 Å². The van der Waals surface area contributed by atoms with E-state index in [0.717, 1.165) is 37.0 Å². The molecule has 0 fully saturated rings. The highest BCUT2D eigenvalue weighted by Crippen LogP contribution is 2.54. The summed E-state index contributed by atoms with van der Waals surface area (Å²) >= 11 is 0. The van der Waals surface area contributed by atoms with Crippen LogP contribution in [0.2, 0.25) is 0 Å². The number of rotatable bonds is 3. The second-order valence-corrected chi connectivity index (χ2v) is 8.95. The van der Waals surface area contributed by atoms with Gasteiger partial charge in [0.25, 0.3) is 0 Å². The average Bonchev–Trinajstić information content (AvgIpc) is 2.45. The highest BCUT2D eigenvalue weighted by Gasteiger charge is 2.46. The van der Waals surface area contributed by atoms with Gasteiger partial charge in [-0.3, -0.25) is 0 Å². The Morgan fingerprint density at radius 3 is 2.67 bits per heavy atom. The van der Waals surface area contributed by atoms with Crippen molar-refractivity contribution in [3.63, 3.8) is 0 Å². The number of allylic oxidation sites excluding steroid dienone is 2. The predicted octanol–water partition coefficient (Wildman–Crippen LogP) is 6.08. The van der Waals surface area contributed by atoms with Crippen molar-refractivity contribution in [2.75, 3.05) is 0 Å². The summed E-state index contributed by atoms with van der Waals surface area (Å²) in [5, 5.41) is 10.9. The lowest BCUT2D eigenvalue weighted by Crippen LogP contribution is -2.45. The van der Waals surface area contributed by atoms with Crippen LogP contribution < -0.4 is 4.74 Å². The summed E-state index contributed by atoms with van der Waals surface area (Å²) in [4.78, 5) is 0. The Bertz CT molecular complexity index is 667. The van der Waals surface area contributed by atoms with E-state index in [9.17, 15) is 5.11 Å². The van der Waals surface area contributed by atoms with E-state index in [1.165, 1.54) is 11.1 Å². The number of phenolic OH excluding ortho intramolecular Hbond substituents is 1. The maximum absolute atomic E-state index is 10.9. The van der Waals surface area contributed by atoms with Crippen molar-refractivity contribution in [2.45, 2.75) is 84.2 Å². The monoisotopic (exact) mass is 328 g/mol. The molecular formula is C22H32O2. The maximum Gasteiger partial charge on any atom is 0.127 e. The Morgan fingerprint density at radius 2 is 2.00 bits per heavy atom. The molecule has 1 aliphatic carbocycles. The van der Waals surface area contributed by atoms with Crippen molar-refractivity contribution in [2.24, 2.45) is 5.92 Å². The Balaban J connectivity index is 2.10. The number of ether oxygens (including phenoxy) is 1. The molecule has 2 atom stereocenters. The lowest BCUT2D eigenvalue weighted by molar-refractivity contribution is 0.00741. The molecule has 1 N–H and O–H groups in total. The minimum Gasteiger partial charge on any atom is -0.508 e. The average molecular weight is 328 g/mol. The number of benzene rings is 1. The van der Waals surface area contributed by atoms with Gasteiger partial charge in [0.1, 0.15) is 17.1 Å². The molecule has 0 unspecified atom stereocenters. The number of hydrogen-bond donors (Lipinski definition) is 1. The molecular weight excluding hydrogens is 296 g/mol. The summed E-state index contributed by atoms with van der Waals surface area (Å²) in [6.07, 6.45) is 6.63. The molecule has 3 rings (SSSR count). The van der Waals surface area contributed by atoms with Crippen LogP contribution in [0.25, 0.3) is 0 Å². The minimum atomic E-state index is -0.200. The maximum atomic E-state index is 10.9. The summed E-state index contributed by atoms with van der Waals surface area (Å²) in [7, 11) is 0.